The molecule has 3 N–H and O–H groups in total. The van der Waals surface area contributed by atoms with Crippen molar-refractivity contribution in [2.75, 3.05) is 46.1 Å². The minimum absolute atomic E-state index is 0.0278. The third kappa shape index (κ3) is 15.0. The van der Waals surface area contributed by atoms with Gasteiger partial charge in [-0.05, 0) is 25.1 Å². The van der Waals surface area contributed by atoms with E-state index in [1.807, 2.05) is 20.8 Å². The molecule has 184 valence electrons. The van der Waals surface area contributed by atoms with Gasteiger partial charge in [0.15, 0.2) is 0 Å². The Bertz CT molecular complexity index is 771. The van der Waals surface area contributed by atoms with Crippen LogP contribution in [-0.2, 0) is 14.3 Å². The first-order valence-corrected chi connectivity index (χ1v) is 11.5. The highest BCUT2D eigenvalue weighted by molar-refractivity contribution is 5.94. The molecule has 1 aromatic rings. The molecule has 2 amide bonds. The second kappa shape index (κ2) is 17.0. The zero-order chi connectivity index (χ0) is 24.5. The van der Waals surface area contributed by atoms with Crippen molar-refractivity contribution in [2.24, 2.45) is 5.92 Å². The normalized spacial score (nSPS) is 11.6. The van der Waals surface area contributed by atoms with Crippen molar-refractivity contribution in [2.45, 2.75) is 46.8 Å². The third-order valence-electron chi connectivity index (χ3n) is 4.17. The monoisotopic (exact) mass is 461 g/mol. The number of carbonyl (C=O) groups is 2. The Balaban J connectivity index is 2.20. The fraction of sp³-hybridized carbons (Fsp3) is 0.600. The summed E-state index contributed by atoms with van der Waals surface area (Å²) in [6, 6.07) is 7.44. The summed E-state index contributed by atoms with van der Waals surface area (Å²) >= 11 is 0. The maximum Gasteiger partial charge on any atom is 0.251 e. The zero-order valence-corrected chi connectivity index (χ0v) is 20.5. The first-order valence-electron chi connectivity index (χ1n) is 11.5. The fourth-order valence-corrected chi connectivity index (χ4v) is 2.55. The van der Waals surface area contributed by atoms with E-state index < -0.39 is 0 Å². The SMILES string of the molecule is CC(C)C#CCNC(=O)COCCOC(C)COc1cccc(C(=O)NCCNC(C)C)c1. The van der Waals surface area contributed by atoms with Crippen LogP contribution >= 0.6 is 0 Å². The van der Waals surface area contributed by atoms with Crippen molar-refractivity contribution in [3.05, 3.63) is 29.8 Å². The van der Waals surface area contributed by atoms with E-state index in [1.54, 1.807) is 24.3 Å². The first-order chi connectivity index (χ1) is 15.8. The molecule has 0 bridgehead atoms. The molecule has 1 aromatic carbocycles. The number of carbonyl (C=O) groups excluding carboxylic acids is 2. The number of rotatable bonds is 15. The average Bonchev–Trinajstić information content (AvgIpc) is 2.77. The van der Waals surface area contributed by atoms with Gasteiger partial charge in [0.25, 0.3) is 5.91 Å². The molecule has 8 nitrogen and oxygen atoms in total. The Morgan fingerprint density at radius 3 is 2.55 bits per heavy atom. The number of ether oxygens (including phenoxy) is 3. The van der Waals surface area contributed by atoms with Gasteiger partial charge in [-0.25, -0.2) is 0 Å². The molecule has 0 aliphatic heterocycles. The van der Waals surface area contributed by atoms with Gasteiger partial charge in [0.1, 0.15) is 19.0 Å². The van der Waals surface area contributed by atoms with Crippen LogP contribution in [0.5, 0.6) is 5.75 Å². The van der Waals surface area contributed by atoms with Gasteiger partial charge in [0.05, 0.1) is 25.9 Å². The van der Waals surface area contributed by atoms with E-state index in [1.165, 1.54) is 0 Å². The Morgan fingerprint density at radius 1 is 1.03 bits per heavy atom. The smallest absolute Gasteiger partial charge is 0.251 e. The summed E-state index contributed by atoms with van der Waals surface area (Å²) in [6.45, 7) is 12.5. The quantitative estimate of drug-likeness (QED) is 0.273. The van der Waals surface area contributed by atoms with Crippen LogP contribution in [0.3, 0.4) is 0 Å². The lowest BCUT2D eigenvalue weighted by Gasteiger charge is -2.15. The van der Waals surface area contributed by atoms with Crippen LogP contribution in [-0.4, -0.2) is 70.0 Å². The minimum Gasteiger partial charge on any atom is -0.491 e. The van der Waals surface area contributed by atoms with Crippen molar-refractivity contribution < 1.29 is 23.8 Å². The average molecular weight is 462 g/mol. The number of amides is 2. The molecule has 0 radical (unpaired) electrons. The van der Waals surface area contributed by atoms with E-state index in [0.29, 0.717) is 50.3 Å². The lowest BCUT2D eigenvalue weighted by molar-refractivity contribution is -0.126. The predicted molar refractivity (Wildman–Crippen MR) is 129 cm³/mol. The summed E-state index contributed by atoms with van der Waals surface area (Å²) in [6.07, 6.45) is -0.173. The van der Waals surface area contributed by atoms with E-state index in [2.05, 4.69) is 41.6 Å². The molecule has 0 spiro atoms. The molecule has 1 rings (SSSR count). The first kappa shape index (κ1) is 28.4. The summed E-state index contributed by atoms with van der Waals surface area (Å²) in [5, 5.41) is 8.81. The number of nitrogens with one attached hydrogen (secondary N) is 3. The number of hydrogen-bond donors (Lipinski definition) is 3. The highest BCUT2D eigenvalue weighted by Gasteiger charge is 2.08. The molecular formula is C25H39N3O5. The van der Waals surface area contributed by atoms with E-state index in [4.69, 9.17) is 14.2 Å². The van der Waals surface area contributed by atoms with Gasteiger partial charge in [-0.1, -0.05) is 45.6 Å². The van der Waals surface area contributed by atoms with Crippen LogP contribution < -0.4 is 20.7 Å². The van der Waals surface area contributed by atoms with Gasteiger partial charge in [-0.2, -0.15) is 0 Å². The molecule has 1 unspecified atom stereocenters. The van der Waals surface area contributed by atoms with Crippen LogP contribution in [0.1, 0.15) is 45.0 Å². The second-order valence-corrected chi connectivity index (χ2v) is 8.19. The van der Waals surface area contributed by atoms with Crippen molar-refractivity contribution in [1.29, 1.82) is 0 Å². The van der Waals surface area contributed by atoms with Gasteiger partial charge in [0.2, 0.25) is 5.91 Å². The van der Waals surface area contributed by atoms with Crippen LogP contribution in [0, 0.1) is 17.8 Å². The third-order valence-corrected chi connectivity index (χ3v) is 4.17. The summed E-state index contributed by atoms with van der Waals surface area (Å²) < 4.78 is 16.7. The largest absolute Gasteiger partial charge is 0.491 e. The molecule has 33 heavy (non-hydrogen) atoms. The topological polar surface area (TPSA) is 97.9 Å². The summed E-state index contributed by atoms with van der Waals surface area (Å²) in [5.74, 6) is 6.41. The van der Waals surface area contributed by atoms with Crippen LogP contribution in [0.25, 0.3) is 0 Å². The maximum absolute atomic E-state index is 12.3. The van der Waals surface area contributed by atoms with Gasteiger partial charge in [0, 0.05) is 30.6 Å². The Kier molecular flexibility index (Phi) is 14.6. The van der Waals surface area contributed by atoms with Gasteiger partial charge in [-0.15, -0.1) is 0 Å². The second-order valence-electron chi connectivity index (χ2n) is 8.19. The summed E-state index contributed by atoms with van der Waals surface area (Å²) in [7, 11) is 0. The van der Waals surface area contributed by atoms with Crippen molar-refractivity contribution >= 4 is 11.8 Å². The fourth-order valence-electron chi connectivity index (χ4n) is 2.55. The number of hydrogen-bond acceptors (Lipinski definition) is 6. The zero-order valence-electron chi connectivity index (χ0n) is 20.5. The van der Waals surface area contributed by atoms with Crippen LogP contribution in [0.4, 0.5) is 0 Å². The van der Waals surface area contributed by atoms with E-state index in [-0.39, 0.29) is 30.4 Å². The van der Waals surface area contributed by atoms with Crippen LogP contribution in [0.15, 0.2) is 24.3 Å². The Labute approximate surface area is 198 Å². The van der Waals surface area contributed by atoms with E-state index >= 15 is 0 Å². The summed E-state index contributed by atoms with van der Waals surface area (Å²) in [4.78, 5) is 23.9. The molecule has 0 fully saturated rings. The minimum atomic E-state index is -0.204. The standard InChI is InChI=1S/C25H39N3O5/c1-19(2)8-7-11-27-24(29)18-31-14-15-32-21(5)17-33-23-10-6-9-22(16-23)25(30)28-13-12-26-20(3)4/h6,9-10,16,19-21,26H,11-15,17-18H2,1-5H3,(H,27,29)(H,28,30). The molecule has 0 aromatic heterocycles. The van der Waals surface area contributed by atoms with Gasteiger partial charge in [-0.3, -0.25) is 9.59 Å². The van der Waals surface area contributed by atoms with Crippen molar-refractivity contribution in [1.82, 2.24) is 16.0 Å². The molecular weight excluding hydrogens is 422 g/mol. The summed E-state index contributed by atoms with van der Waals surface area (Å²) in [5.41, 5.74) is 0.549. The van der Waals surface area contributed by atoms with Crippen molar-refractivity contribution in [3.63, 3.8) is 0 Å². The van der Waals surface area contributed by atoms with Gasteiger partial charge >= 0.3 is 0 Å². The number of benzene rings is 1. The molecule has 0 aliphatic carbocycles. The molecule has 0 aliphatic rings. The highest BCUT2D eigenvalue weighted by Crippen LogP contribution is 2.14. The lowest BCUT2D eigenvalue weighted by atomic mass is 10.2. The lowest BCUT2D eigenvalue weighted by Crippen LogP contribution is -2.34. The molecule has 1 atom stereocenters. The van der Waals surface area contributed by atoms with Gasteiger partial charge < -0.3 is 30.2 Å². The van der Waals surface area contributed by atoms with Crippen LogP contribution in [0.2, 0.25) is 0 Å². The predicted octanol–water partition coefficient (Wildman–Crippen LogP) is 1.99. The van der Waals surface area contributed by atoms with Crippen molar-refractivity contribution in [3.8, 4) is 17.6 Å². The molecule has 8 heteroatoms. The Morgan fingerprint density at radius 2 is 1.82 bits per heavy atom. The van der Waals surface area contributed by atoms with E-state index in [0.717, 1.165) is 6.54 Å². The molecule has 0 heterocycles. The molecule has 0 saturated carbocycles. The molecule has 0 saturated heterocycles. The Hall–Kier alpha value is -2.60. The van der Waals surface area contributed by atoms with E-state index in [9.17, 15) is 9.59 Å². The maximum atomic E-state index is 12.3. The highest BCUT2D eigenvalue weighted by atomic mass is 16.6.